The van der Waals surface area contributed by atoms with E-state index in [0.717, 1.165) is 11.8 Å². The molecule has 4 aromatic rings. The molecule has 0 unspecified atom stereocenters. The first-order valence-corrected chi connectivity index (χ1v) is 10.5. The summed E-state index contributed by atoms with van der Waals surface area (Å²) < 4.78 is 10.8. The van der Waals surface area contributed by atoms with Crippen LogP contribution in [0.4, 0.5) is 11.4 Å². The lowest BCUT2D eigenvalue weighted by molar-refractivity contribution is -0.384. The van der Waals surface area contributed by atoms with Crippen LogP contribution in [0.2, 0.25) is 0 Å². The number of benzene rings is 2. The number of Topliss-reactive ketones (excluding diaryl/α,β-unsaturated/α-hetero) is 1. The van der Waals surface area contributed by atoms with E-state index in [9.17, 15) is 14.9 Å². The van der Waals surface area contributed by atoms with Crippen molar-refractivity contribution in [2.24, 2.45) is 5.10 Å². The average molecular weight is 476 g/mol. The van der Waals surface area contributed by atoms with E-state index in [2.05, 4.69) is 25.7 Å². The number of hydrazone groups is 1. The summed E-state index contributed by atoms with van der Waals surface area (Å²) in [4.78, 5) is 27.3. The van der Waals surface area contributed by atoms with E-state index in [1.165, 1.54) is 36.7 Å². The number of anilines is 1. The Morgan fingerprint density at radius 1 is 1.06 bits per heavy atom. The Kier molecular flexibility index (Phi) is 6.89. The Morgan fingerprint density at radius 3 is 2.41 bits per heavy atom. The fourth-order valence-corrected chi connectivity index (χ4v) is 3.37. The van der Waals surface area contributed by atoms with Gasteiger partial charge in [-0.05, 0) is 60.3 Å². The highest BCUT2D eigenvalue weighted by Crippen LogP contribution is 2.27. The van der Waals surface area contributed by atoms with E-state index in [1.807, 2.05) is 0 Å². The van der Waals surface area contributed by atoms with Crippen LogP contribution in [0.5, 0.6) is 5.75 Å². The van der Waals surface area contributed by atoms with Crippen molar-refractivity contribution in [1.29, 1.82) is 0 Å². The summed E-state index contributed by atoms with van der Waals surface area (Å²) in [6.07, 6.45) is 3.01. The maximum absolute atomic E-state index is 13.1. The average Bonchev–Trinajstić information content (AvgIpc) is 3.35. The molecule has 11 nitrogen and oxygen atoms in total. The van der Waals surface area contributed by atoms with E-state index in [0.29, 0.717) is 22.6 Å². The lowest BCUT2D eigenvalue weighted by atomic mass is 10.2. The molecule has 2 heterocycles. The highest BCUT2D eigenvalue weighted by Gasteiger charge is 2.20. The van der Waals surface area contributed by atoms with Gasteiger partial charge in [-0.2, -0.15) is 5.10 Å². The van der Waals surface area contributed by atoms with Crippen molar-refractivity contribution >= 4 is 34.0 Å². The minimum atomic E-state index is -0.498. The van der Waals surface area contributed by atoms with Crippen LogP contribution in [0, 0.1) is 10.1 Å². The molecule has 1 N–H and O–H groups in total. The number of nitro groups is 1. The van der Waals surface area contributed by atoms with E-state index in [4.69, 9.17) is 9.15 Å². The Labute approximate surface area is 197 Å². The van der Waals surface area contributed by atoms with Gasteiger partial charge < -0.3 is 9.15 Å². The molecule has 0 aliphatic heterocycles. The zero-order chi connectivity index (χ0) is 23.9. The number of hydrogen-bond donors (Lipinski definition) is 1. The molecule has 2 aromatic heterocycles. The number of nitrogens with one attached hydrogen (secondary N) is 1. The summed E-state index contributed by atoms with van der Waals surface area (Å²) in [5, 5.41) is 23.2. The molecule has 0 fully saturated rings. The van der Waals surface area contributed by atoms with Crippen LogP contribution < -0.4 is 10.2 Å². The van der Waals surface area contributed by atoms with Crippen molar-refractivity contribution in [1.82, 2.24) is 15.2 Å². The first-order chi connectivity index (χ1) is 16.5. The second-order valence-electron chi connectivity index (χ2n) is 6.60. The molecule has 0 aliphatic carbocycles. The minimum absolute atomic E-state index is 0.0557. The van der Waals surface area contributed by atoms with Crippen molar-refractivity contribution in [3.05, 3.63) is 88.7 Å². The molecule has 0 saturated carbocycles. The summed E-state index contributed by atoms with van der Waals surface area (Å²) in [6.45, 7) is 0. The van der Waals surface area contributed by atoms with Gasteiger partial charge in [0.15, 0.2) is 5.04 Å². The van der Waals surface area contributed by atoms with Gasteiger partial charge in [0.1, 0.15) is 5.75 Å². The van der Waals surface area contributed by atoms with Crippen molar-refractivity contribution in [2.75, 3.05) is 12.5 Å². The maximum Gasteiger partial charge on any atom is 0.283 e. The van der Waals surface area contributed by atoms with Gasteiger partial charge in [0, 0.05) is 35.7 Å². The number of carbonyl (C=O) groups is 1. The molecule has 34 heavy (non-hydrogen) atoms. The number of thioether (sulfide) groups is 1. The zero-order valence-electron chi connectivity index (χ0n) is 17.6. The molecule has 0 aliphatic rings. The zero-order valence-corrected chi connectivity index (χ0v) is 18.4. The first kappa shape index (κ1) is 22.6. The molecule has 0 amide bonds. The van der Waals surface area contributed by atoms with E-state index in [-0.39, 0.29) is 27.6 Å². The smallest absolute Gasteiger partial charge is 0.283 e. The molecular weight excluding hydrogens is 460 g/mol. The van der Waals surface area contributed by atoms with Crippen molar-refractivity contribution in [2.45, 2.75) is 5.22 Å². The summed E-state index contributed by atoms with van der Waals surface area (Å²) in [7, 11) is 1.57. The molecule has 12 heteroatoms. The Bertz CT molecular complexity index is 1320. The quantitative estimate of drug-likeness (QED) is 0.0966. The van der Waals surface area contributed by atoms with Gasteiger partial charge >= 0.3 is 0 Å². The van der Waals surface area contributed by atoms with E-state index in [1.54, 1.807) is 43.5 Å². The molecule has 0 bridgehead atoms. The second kappa shape index (κ2) is 10.4. The first-order valence-electron chi connectivity index (χ1n) is 9.72. The Hall–Kier alpha value is -4.58. The summed E-state index contributed by atoms with van der Waals surface area (Å²) in [5.41, 5.74) is 4.31. The molecule has 0 saturated heterocycles. The molecule has 0 radical (unpaired) electrons. The molecule has 0 atom stereocenters. The largest absolute Gasteiger partial charge is 0.497 e. The van der Waals surface area contributed by atoms with Crippen LogP contribution in [0.15, 0.2) is 87.8 Å². The number of aromatic nitrogens is 3. The van der Waals surface area contributed by atoms with Crippen LogP contribution in [0.1, 0.15) is 10.4 Å². The summed E-state index contributed by atoms with van der Waals surface area (Å²) in [5.74, 6) is 0.460. The van der Waals surface area contributed by atoms with Gasteiger partial charge in [0.2, 0.25) is 11.7 Å². The predicted molar refractivity (Wildman–Crippen MR) is 125 cm³/mol. The third-order valence-electron chi connectivity index (χ3n) is 4.43. The lowest BCUT2D eigenvalue weighted by Crippen LogP contribution is -2.13. The fourth-order valence-electron chi connectivity index (χ4n) is 2.70. The molecule has 0 spiro atoms. The Morgan fingerprint density at radius 2 is 1.76 bits per heavy atom. The Balaban J connectivity index is 1.57. The summed E-state index contributed by atoms with van der Waals surface area (Å²) in [6, 6.07) is 15.8. The third kappa shape index (κ3) is 5.42. The molecule has 4 rings (SSSR count). The van der Waals surface area contributed by atoms with Crippen molar-refractivity contribution in [3.8, 4) is 17.2 Å². The van der Waals surface area contributed by atoms with E-state index >= 15 is 0 Å². The number of nitrogens with zero attached hydrogens (tertiary/aromatic N) is 5. The van der Waals surface area contributed by atoms with Crippen LogP contribution in [0.25, 0.3) is 11.5 Å². The monoisotopic (exact) mass is 476 g/mol. The van der Waals surface area contributed by atoms with Crippen LogP contribution >= 0.6 is 11.8 Å². The minimum Gasteiger partial charge on any atom is -0.497 e. The number of ether oxygens (including phenoxy) is 1. The number of ketones is 1. The number of hydrogen-bond acceptors (Lipinski definition) is 11. The van der Waals surface area contributed by atoms with Crippen LogP contribution in [-0.2, 0) is 0 Å². The predicted octanol–water partition coefficient (Wildman–Crippen LogP) is 4.45. The fraction of sp³-hybridized carbons (Fsp3) is 0.0455. The number of non-ortho nitro benzene ring substituents is 1. The normalized spacial score (nSPS) is 11.1. The SMILES string of the molecule is COc1ccc(N/N=C(\Sc2nnc(-c3ccc([N+](=O)[O-])cc3)o2)C(=O)c2ccncc2)cc1. The highest BCUT2D eigenvalue weighted by atomic mass is 32.2. The summed E-state index contributed by atoms with van der Waals surface area (Å²) >= 11 is 0.886. The number of nitro benzene ring substituents is 1. The van der Waals surface area contributed by atoms with Crippen molar-refractivity contribution < 1.29 is 18.9 Å². The van der Waals surface area contributed by atoms with Gasteiger partial charge in [0.05, 0.1) is 17.7 Å². The number of methoxy groups -OCH3 is 1. The number of rotatable bonds is 8. The molecule has 2 aromatic carbocycles. The third-order valence-corrected chi connectivity index (χ3v) is 5.24. The van der Waals surface area contributed by atoms with Gasteiger partial charge in [-0.15, -0.1) is 10.2 Å². The van der Waals surface area contributed by atoms with Crippen LogP contribution in [0.3, 0.4) is 0 Å². The van der Waals surface area contributed by atoms with Crippen molar-refractivity contribution in [3.63, 3.8) is 0 Å². The number of pyridine rings is 1. The number of carbonyl (C=O) groups excluding carboxylic acids is 1. The second-order valence-corrected chi connectivity index (χ2v) is 7.54. The van der Waals surface area contributed by atoms with Gasteiger partial charge in [-0.3, -0.25) is 25.3 Å². The van der Waals surface area contributed by atoms with Gasteiger partial charge in [-0.25, -0.2) is 0 Å². The molecule has 170 valence electrons. The highest BCUT2D eigenvalue weighted by molar-refractivity contribution is 8.15. The van der Waals surface area contributed by atoms with Gasteiger partial charge in [-0.1, -0.05) is 0 Å². The van der Waals surface area contributed by atoms with Gasteiger partial charge in [0.25, 0.3) is 10.9 Å². The maximum atomic E-state index is 13.1. The standard InChI is InChI=1S/C22H16N6O5S/c1-32-18-8-4-16(5-9-18)24-26-21(19(29)14-10-12-23-13-11-14)34-22-27-25-20(33-22)15-2-6-17(7-3-15)28(30)31/h2-13,24H,1H3/b26-21-. The lowest BCUT2D eigenvalue weighted by Gasteiger charge is -2.06. The van der Waals surface area contributed by atoms with E-state index < -0.39 is 4.92 Å². The molecular formula is C22H16N6O5S. The van der Waals surface area contributed by atoms with Crippen LogP contribution in [-0.4, -0.2) is 38.0 Å². The topological polar surface area (TPSA) is 146 Å².